The Morgan fingerprint density at radius 3 is 1.89 bits per heavy atom. The zero-order valence-corrected chi connectivity index (χ0v) is 12.6. The highest BCUT2D eigenvalue weighted by Gasteiger charge is 2.40. The lowest BCUT2D eigenvalue weighted by Crippen LogP contribution is -2.41. The molecule has 0 atom stereocenters. The number of hydrogen-bond donors (Lipinski definition) is 1. The monoisotopic (exact) mass is 270 g/mol. The summed E-state index contributed by atoms with van der Waals surface area (Å²) >= 11 is 0. The molecule has 2 fully saturated rings. The van der Waals surface area contributed by atoms with Crippen LogP contribution in [0.1, 0.15) is 25.7 Å². The van der Waals surface area contributed by atoms with Crippen molar-refractivity contribution in [3.05, 3.63) is 0 Å². The third kappa shape index (κ3) is 5.78. The van der Waals surface area contributed by atoms with E-state index in [9.17, 15) is 0 Å². The van der Waals surface area contributed by atoms with E-state index in [1.54, 1.807) is 14.2 Å². The number of ether oxygens (including phenoxy) is 2. The van der Waals surface area contributed by atoms with E-state index in [1.807, 2.05) is 0 Å². The maximum Gasteiger partial charge on any atom is 0.0589 e. The van der Waals surface area contributed by atoms with E-state index in [4.69, 9.17) is 9.47 Å². The van der Waals surface area contributed by atoms with Crippen molar-refractivity contribution in [3.8, 4) is 0 Å². The van der Waals surface area contributed by atoms with Crippen molar-refractivity contribution in [2.75, 3.05) is 53.6 Å². The standard InChI is InChI=1S/C15H30N2O2/c1-18-11-9-17(10-12-19-2)8-7-16-15(13-3-4-13)14-5-6-14/h13-16H,3-12H2,1-2H3. The Kier molecular flexibility index (Phi) is 6.57. The molecular formula is C15H30N2O2. The fraction of sp³-hybridized carbons (Fsp3) is 1.00. The minimum absolute atomic E-state index is 0.804. The molecule has 1 N–H and O–H groups in total. The van der Waals surface area contributed by atoms with Crippen LogP contribution in [0.3, 0.4) is 0 Å². The number of nitrogens with zero attached hydrogens (tertiary/aromatic N) is 1. The molecule has 2 aliphatic rings. The smallest absolute Gasteiger partial charge is 0.0589 e. The molecule has 0 aromatic carbocycles. The molecule has 0 aromatic rings. The Morgan fingerprint density at radius 2 is 1.47 bits per heavy atom. The molecule has 112 valence electrons. The van der Waals surface area contributed by atoms with E-state index >= 15 is 0 Å². The second-order valence-electron chi connectivity index (χ2n) is 5.98. The van der Waals surface area contributed by atoms with Crippen LogP contribution in [0.25, 0.3) is 0 Å². The molecule has 19 heavy (non-hydrogen) atoms. The minimum atomic E-state index is 0.804. The van der Waals surface area contributed by atoms with Gasteiger partial charge in [-0.15, -0.1) is 0 Å². The van der Waals surface area contributed by atoms with Gasteiger partial charge >= 0.3 is 0 Å². The molecule has 0 aromatic heterocycles. The van der Waals surface area contributed by atoms with Gasteiger partial charge in [-0.2, -0.15) is 0 Å². The first kappa shape index (κ1) is 15.2. The maximum absolute atomic E-state index is 5.17. The molecule has 0 unspecified atom stereocenters. The van der Waals surface area contributed by atoms with Crippen LogP contribution in [0.5, 0.6) is 0 Å². The summed E-state index contributed by atoms with van der Waals surface area (Å²) in [7, 11) is 3.53. The molecule has 4 heteroatoms. The quantitative estimate of drug-likeness (QED) is 0.580. The van der Waals surface area contributed by atoms with Gasteiger partial charge in [-0.3, -0.25) is 4.90 Å². The third-order valence-electron chi connectivity index (χ3n) is 4.29. The Hall–Kier alpha value is -0.160. The maximum atomic E-state index is 5.17. The van der Waals surface area contributed by atoms with Crippen molar-refractivity contribution in [1.29, 1.82) is 0 Å². The lowest BCUT2D eigenvalue weighted by Gasteiger charge is -2.24. The number of methoxy groups -OCH3 is 2. The lowest BCUT2D eigenvalue weighted by molar-refractivity contribution is 0.113. The highest BCUT2D eigenvalue weighted by atomic mass is 16.5. The van der Waals surface area contributed by atoms with E-state index < -0.39 is 0 Å². The van der Waals surface area contributed by atoms with Crippen molar-refractivity contribution in [2.45, 2.75) is 31.7 Å². The predicted octanol–water partition coefficient (Wildman–Crippen LogP) is 1.36. The van der Waals surface area contributed by atoms with E-state index in [1.165, 1.54) is 25.7 Å². The molecule has 2 saturated carbocycles. The van der Waals surface area contributed by atoms with E-state index in [-0.39, 0.29) is 0 Å². The van der Waals surface area contributed by atoms with Crippen LogP contribution in [0.2, 0.25) is 0 Å². The Morgan fingerprint density at radius 1 is 0.947 bits per heavy atom. The van der Waals surface area contributed by atoms with Crippen molar-refractivity contribution in [3.63, 3.8) is 0 Å². The van der Waals surface area contributed by atoms with Crippen LogP contribution < -0.4 is 5.32 Å². The Bertz CT molecular complexity index is 222. The number of rotatable bonds is 12. The van der Waals surface area contributed by atoms with Gasteiger partial charge in [0.05, 0.1) is 13.2 Å². The summed E-state index contributed by atoms with van der Waals surface area (Å²) in [6, 6.07) is 0.812. The summed E-state index contributed by atoms with van der Waals surface area (Å²) in [5.41, 5.74) is 0. The average molecular weight is 270 g/mol. The molecule has 0 spiro atoms. The molecular weight excluding hydrogens is 240 g/mol. The SMILES string of the molecule is COCCN(CCNC(C1CC1)C1CC1)CCOC. The van der Waals surface area contributed by atoms with Crippen LogP contribution in [0.4, 0.5) is 0 Å². The predicted molar refractivity (Wildman–Crippen MR) is 77.4 cm³/mol. The first-order valence-corrected chi connectivity index (χ1v) is 7.78. The molecule has 2 aliphatic carbocycles. The molecule has 0 aliphatic heterocycles. The fourth-order valence-electron chi connectivity index (χ4n) is 2.79. The van der Waals surface area contributed by atoms with Gasteiger partial charge in [-0.1, -0.05) is 0 Å². The van der Waals surface area contributed by atoms with E-state index in [2.05, 4.69) is 10.2 Å². The van der Waals surface area contributed by atoms with Gasteiger partial charge < -0.3 is 14.8 Å². The molecule has 4 nitrogen and oxygen atoms in total. The van der Waals surface area contributed by atoms with Gasteiger partial charge in [-0.25, -0.2) is 0 Å². The van der Waals surface area contributed by atoms with Gasteiger partial charge in [0.2, 0.25) is 0 Å². The third-order valence-corrected chi connectivity index (χ3v) is 4.29. The largest absolute Gasteiger partial charge is 0.383 e. The summed E-state index contributed by atoms with van der Waals surface area (Å²) < 4.78 is 10.3. The van der Waals surface area contributed by atoms with Crippen molar-refractivity contribution in [2.24, 2.45) is 11.8 Å². The van der Waals surface area contributed by atoms with Crippen LogP contribution in [0.15, 0.2) is 0 Å². The van der Waals surface area contributed by atoms with Crippen LogP contribution >= 0.6 is 0 Å². The van der Waals surface area contributed by atoms with Crippen LogP contribution in [-0.2, 0) is 9.47 Å². The molecule has 0 radical (unpaired) electrons. The highest BCUT2D eigenvalue weighted by Crippen LogP contribution is 2.44. The summed E-state index contributed by atoms with van der Waals surface area (Å²) in [4.78, 5) is 2.43. The molecule has 0 heterocycles. The van der Waals surface area contributed by atoms with Crippen molar-refractivity contribution in [1.82, 2.24) is 10.2 Å². The van der Waals surface area contributed by atoms with Gasteiger partial charge in [0.1, 0.15) is 0 Å². The van der Waals surface area contributed by atoms with Crippen molar-refractivity contribution < 1.29 is 9.47 Å². The van der Waals surface area contributed by atoms with Gasteiger partial charge in [-0.05, 0) is 37.5 Å². The Labute approximate surface area is 117 Å². The molecule has 0 bridgehead atoms. The highest BCUT2D eigenvalue weighted by molar-refractivity contribution is 4.96. The summed E-state index contributed by atoms with van der Waals surface area (Å²) in [6.07, 6.45) is 5.80. The summed E-state index contributed by atoms with van der Waals surface area (Å²) in [5, 5.41) is 3.80. The molecule has 2 rings (SSSR count). The number of nitrogens with one attached hydrogen (secondary N) is 1. The van der Waals surface area contributed by atoms with E-state index in [0.29, 0.717) is 0 Å². The number of hydrogen-bond acceptors (Lipinski definition) is 4. The Balaban J connectivity index is 1.61. The van der Waals surface area contributed by atoms with Gasteiger partial charge in [0.15, 0.2) is 0 Å². The zero-order chi connectivity index (χ0) is 13.5. The van der Waals surface area contributed by atoms with E-state index in [0.717, 1.165) is 57.3 Å². The second kappa shape index (κ2) is 8.20. The van der Waals surface area contributed by atoms with Crippen molar-refractivity contribution >= 4 is 0 Å². The summed E-state index contributed by atoms with van der Waals surface area (Å²) in [6.45, 7) is 5.81. The lowest BCUT2D eigenvalue weighted by atomic mass is 10.1. The minimum Gasteiger partial charge on any atom is -0.383 e. The zero-order valence-electron chi connectivity index (χ0n) is 12.6. The van der Waals surface area contributed by atoms with Gasteiger partial charge in [0.25, 0.3) is 0 Å². The second-order valence-corrected chi connectivity index (χ2v) is 5.98. The topological polar surface area (TPSA) is 33.7 Å². The summed E-state index contributed by atoms with van der Waals surface area (Å²) in [5.74, 6) is 1.97. The normalized spacial score (nSPS) is 19.6. The van der Waals surface area contributed by atoms with Crippen LogP contribution in [0, 0.1) is 11.8 Å². The fourth-order valence-corrected chi connectivity index (χ4v) is 2.79. The van der Waals surface area contributed by atoms with Crippen LogP contribution in [-0.4, -0.2) is 64.6 Å². The first-order valence-electron chi connectivity index (χ1n) is 7.78. The molecule has 0 saturated heterocycles. The van der Waals surface area contributed by atoms with Gasteiger partial charge in [0, 0.05) is 46.4 Å². The average Bonchev–Trinajstić information content (AvgIpc) is 3.29. The first-order chi connectivity index (χ1) is 9.35. The molecule has 0 amide bonds.